The maximum absolute atomic E-state index is 13.8. The number of carbonyl (C=O) groups excluding carboxylic acids is 2. The number of nitrogens with zero attached hydrogens (tertiary/aromatic N) is 3. The van der Waals surface area contributed by atoms with Gasteiger partial charge >= 0.3 is 0 Å². The Kier molecular flexibility index (Phi) is 6.90. The summed E-state index contributed by atoms with van der Waals surface area (Å²) < 4.78 is 17.3. The maximum Gasteiger partial charge on any atom is 0.296 e. The molecule has 1 aliphatic heterocycles. The number of carbonyl (C=O) groups is 2. The molecule has 1 aliphatic rings. The van der Waals surface area contributed by atoms with Gasteiger partial charge < -0.3 is 19.0 Å². The molecule has 0 radical (unpaired) electrons. The number of hydrogen-bond donors (Lipinski definition) is 1. The molecule has 2 aromatic carbocycles. The molecule has 3 heterocycles. The molecular weight excluding hydrogens is 506 g/mol. The molecular formula is C28H27N3O6S. The zero-order chi connectivity index (χ0) is 27.0. The first-order valence-electron chi connectivity index (χ1n) is 12.2. The number of aryl methyl sites for hydroxylation is 1. The van der Waals surface area contributed by atoms with Crippen molar-refractivity contribution in [1.82, 2.24) is 10.2 Å². The van der Waals surface area contributed by atoms with Crippen molar-refractivity contribution >= 4 is 39.1 Å². The first kappa shape index (κ1) is 25.5. The second-order valence-electron chi connectivity index (χ2n) is 9.36. The third kappa shape index (κ3) is 4.63. The Bertz CT molecular complexity index is 1520. The number of aliphatic hydroxyl groups is 1. The van der Waals surface area contributed by atoms with Crippen molar-refractivity contribution < 1.29 is 28.6 Å². The lowest BCUT2D eigenvalue weighted by Crippen LogP contribution is -2.31. The largest absolute Gasteiger partial charge is 0.503 e. The number of anilines is 1. The molecule has 4 aromatic rings. The maximum atomic E-state index is 13.8. The van der Waals surface area contributed by atoms with Crippen LogP contribution in [-0.4, -0.2) is 40.7 Å². The number of methoxy groups -OCH3 is 1. The van der Waals surface area contributed by atoms with Crippen molar-refractivity contribution in [3.05, 3.63) is 76.2 Å². The summed E-state index contributed by atoms with van der Waals surface area (Å²) in [5.41, 5.74) is 0.943. The van der Waals surface area contributed by atoms with Crippen molar-refractivity contribution in [3.8, 4) is 11.5 Å². The molecule has 0 bridgehead atoms. The van der Waals surface area contributed by atoms with Crippen LogP contribution in [0, 0.1) is 12.8 Å². The predicted octanol–water partition coefficient (Wildman–Crippen LogP) is 5.81. The summed E-state index contributed by atoms with van der Waals surface area (Å²) in [6.07, 6.45) is 0.874. The van der Waals surface area contributed by atoms with Gasteiger partial charge in [-0.15, -0.1) is 10.2 Å². The van der Waals surface area contributed by atoms with E-state index in [1.807, 2.05) is 12.1 Å². The molecule has 1 atom stereocenters. The van der Waals surface area contributed by atoms with E-state index in [0.29, 0.717) is 40.2 Å². The molecule has 0 saturated carbocycles. The van der Waals surface area contributed by atoms with Crippen molar-refractivity contribution in [2.75, 3.05) is 18.6 Å². The van der Waals surface area contributed by atoms with Gasteiger partial charge in [0.1, 0.15) is 10.6 Å². The molecule has 0 fully saturated rings. The number of ether oxygens (including phenoxy) is 2. The first-order chi connectivity index (χ1) is 18.3. The smallest absolute Gasteiger partial charge is 0.296 e. The lowest BCUT2D eigenvalue weighted by molar-refractivity contribution is -0.117. The minimum absolute atomic E-state index is 0.0152. The second-order valence-corrected chi connectivity index (χ2v) is 10.5. The zero-order valence-corrected chi connectivity index (χ0v) is 22.2. The fourth-order valence-electron chi connectivity index (χ4n) is 4.34. The Morgan fingerprint density at radius 2 is 1.95 bits per heavy atom. The highest BCUT2D eigenvalue weighted by atomic mass is 32.1. The molecule has 9 nitrogen and oxygen atoms in total. The van der Waals surface area contributed by atoms with Crippen LogP contribution < -0.4 is 14.4 Å². The third-order valence-corrected chi connectivity index (χ3v) is 7.12. The van der Waals surface area contributed by atoms with Gasteiger partial charge in [0.05, 0.1) is 25.3 Å². The monoisotopic (exact) mass is 533 g/mol. The normalized spacial score (nSPS) is 15.7. The SMILES string of the molecule is COc1cc(C2C(C(=O)c3cc4ccccc4o3)=C(O)C(=O)N2c2nnc(C)s2)ccc1OCCC(C)C. The highest BCUT2D eigenvalue weighted by Gasteiger charge is 2.47. The van der Waals surface area contributed by atoms with Crippen molar-refractivity contribution in [2.45, 2.75) is 33.2 Å². The molecule has 1 N–H and O–H groups in total. The zero-order valence-electron chi connectivity index (χ0n) is 21.4. The molecule has 1 amide bonds. The van der Waals surface area contributed by atoms with Crippen LogP contribution in [0.1, 0.15) is 47.4 Å². The van der Waals surface area contributed by atoms with Gasteiger partial charge in [-0.2, -0.15) is 0 Å². The van der Waals surface area contributed by atoms with Crippen LogP contribution in [0.25, 0.3) is 11.0 Å². The van der Waals surface area contributed by atoms with Crippen LogP contribution in [0.5, 0.6) is 11.5 Å². The molecule has 0 saturated heterocycles. The average Bonchev–Trinajstić information content (AvgIpc) is 3.59. The van der Waals surface area contributed by atoms with E-state index in [-0.39, 0.29) is 16.5 Å². The van der Waals surface area contributed by atoms with Gasteiger partial charge in [0.25, 0.3) is 5.91 Å². The standard InChI is InChI=1S/C28H27N3O6S/c1-15(2)11-12-36-20-10-9-18(14-21(20)35-4)24-23(25(32)22-13-17-7-5-6-8-19(17)37-22)26(33)27(34)31(24)28-30-29-16(3)38-28/h5-10,13-15,24,33H,11-12H2,1-4H3. The Hall–Kier alpha value is -4.18. The molecule has 38 heavy (non-hydrogen) atoms. The summed E-state index contributed by atoms with van der Waals surface area (Å²) in [7, 11) is 1.52. The Morgan fingerprint density at radius 3 is 2.63 bits per heavy atom. The summed E-state index contributed by atoms with van der Waals surface area (Å²) in [4.78, 5) is 28.4. The number of furan rings is 1. The number of aromatic nitrogens is 2. The van der Waals surface area contributed by atoms with Gasteiger partial charge in [0.15, 0.2) is 23.0 Å². The Balaban J connectivity index is 1.59. The quantitative estimate of drug-likeness (QED) is 0.268. The summed E-state index contributed by atoms with van der Waals surface area (Å²) in [5, 5.41) is 20.8. The molecule has 2 aromatic heterocycles. The number of ketones is 1. The summed E-state index contributed by atoms with van der Waals surface area (Å²) in [6, 6.07) is 13.0. The number of para-hydroxylation sites is 1. The number of Topliss-reactive ketones (excluding diaryl/α,β-unsaturated/α-hetero) is 1. The Labute approximate surface area is 223 Å². The van der Waals surface area contributed by atoms with E-state index in [9.17, 15) is 14.7 Å². The van der Waals surface area contributed by atoms with Crippen molar-refractivity contribution in [1.29, 1.82) is 0 Å². The lowest BCUT2D eigenvalue weighted by atomic mass is 9.95. The molecule has 1 unspecified atom stereocenters. The predicted molar refractivity (Wildman–Crippen MR) is 143 cm³/mol. The minimum atomic E-state index is -0.992. The first-order valence-corrected chi connectivity index (χ1v) is 13.0. The van der Waals surface area contributed by atoms with Crippen LogP contribution >= 0.6 is 11.3 Å². The van der Waals surface area contributed by atoms with Crippen LogP contribution in [0.3, 0.4) is 0 Å². The van der Waals surface area contributed by atoms with Gasteiger partial charge in [-0.05, 0) is 49.1 Å². The highest BCUT2D eigenvalue weighted by Crippen LogP contribution is 2.45. The number of benzene rings is 2. The van der Waals surface area contributed by atoms with E-state index in [1.54, 1.807) is 43.3 Å². The number of rotatable bonds is 9. The van der Waals surface area contributed by atoms with Crippen molar-refractivity contribution in [3.63, 3.8) is 0 Å². The van der Waals surface area contributed by atoms with Crippen LogP contribution in [-0.2, 0) is 4.79 Å². The molecule has 5 rings (SSSR count). The average molecular weight is 534 g/mol. The lowest BCUT2D eigenvalue weighted by Gasteiger charge is -2.24. The number of aliphatic hydroxyl groups excluding tert-OH is 1. The van der Waals surface area contributed by atoms with Gasteiger partial charge in [-0.1, -0.05) is 49.4 Å². The van der Waals surface area contributed by atoms with E-state index in [1.165, 1.54) is 23.3 Å². The van der Waals surface area contributed by atoms with Crippen LogP contribution in [0.4, 0.5) is 5.13 Å². The van der Waals surface area contributed by atoms with E-state index >= 15 is 0 Å². The van der Waals surface area contributed by atoms with E-state index < -0.39 is 23.5 Å². The summed E-state index contributed by atoms with van der Waals surface area (Å²) >= 11 is 1.18. The van der Waals surface area contributed by atoms with Gasteiger partial charge in [0.2, 0.25) is 10.9 Å². The van der Waals surface area contributed by atoms with Gasteiger partial charge in [-0.25, -0.2) is 0 Å². The summed E-state index contributed by atoms with van der Waals surface area (Å²) in [5.74, 6) is -0.537. The van der Waals surface area contributed by atoms with Crippen molar-refractivity contribution in [2.24, 2.45) is 5.92 Å². The number of hydrogen-bond acceptors (Lipinski definition) is 9. The number of amides is 1. The fourth-order valence-corrected chi connectivity index (χ4v) is 5.05. The third-order valence-electron chi connectivity index (χ3n) is 6.28. The molecule has 0 aliphatic carbocycles. The van der Waals surface area contributed by atoms with E-state index in [4.69, 9.17) is 13.9 Å². The number of fused-ring (bicyclic) bond motifs is 1. The topological polar surface area (TPSA) is 115 Å². The van der Waals surface area contributed by atoms with E-state index in [0.717, 1.165) is 11.8 Å². The summed E-state index contributed by atoms with van der Waals surface area (Å²) in [6.45, 7) is 6.51. The molecule has 196 valence electrons. The van der Waals surface area contributed by atoms with Gasteiger partial charge in [-0.3, -0.25) is 14.5 Å². The minimum Gasteiger partial charge on any atom is -0.503 e. The molecule has 10 heteroatoms. The Morgan fingerprint density at radius 1 is 1.16 bits per heavy atom. The van der Waals surface area contributed by atoms with Crippen LogP contribution in [0.15, 0.2) is 64.3 Å². The fraction of sp³-hybridized carbons (Fsp3) is 0.286. The van der Waals surface area contributed by atoms with Crippen LogP contribution in [0.2, 0.25) is 0 Å². The second kappa shape index (κ2) is 10.3. The van der Waals surface area contributed by atoms with Gasteiger partial charge in [0, 0.05) is 5.39 Å². The van der Waals surface area contributed by atoms with E-state index in [2.05, 4.69) is 24.0 Å². The molecule has 0 spiro atoms. The highest BCUT2D eigenvalue weighted by molar-refractivity contribution is 7.15.